The van der Waals surface area contributed by atoms with Gasteiger partial charge >= 0.3 is 0 Å². The van der Waals surface area contributed by atoms with Crippen LogP contribution in [0.2, 0.25) is 0 Å². The Morgan fingerprint density at radius 3 is 1.79 bits per heavy atom. The number of amides is 1. The first-order valence-corrected chi connectivity index (χ1v) is 11.8. The molecule has 4 nitrogen and oxygen atoms in total. The zero-order valence-electron chi connectivity index (χ0n) is 19.7. The smallest absolute Gasteiger partial charge is 0.253 e. The van der Waals surface area contributed by atoms with Gasteiger partial charge in [-0.15, -0.1) is 0 Å². The Balaban J connectivity index is 1.48. The molecule has 1 aliphatic heterocycles. The minimum atomic E-state index is -1.10. The Morgan fingerprint density at radius 1 is 0.824 bits per heavy atom. The van der Waals surface area contributed by atoms with Crippen molar-refractivity contribution in [3.05, 3.63) is 107 Å². The van der Waals surface area contributed by atoms with Crippen LogP contribution in [0.25, 0.3) is 0 Å². The highest BCUT2D eigenvalue weighted by atomic mass is 16.3. The van der Waals surface area contributed by atoms with E-state index in [-0.39, 0.29) is 11.8 Å². The lowest BCUT2D eigenvalue weighted by atomic mass is 9.72. The molecule has 1 fully saturated rings. The largest absolute Gasteiger partial charge is 0.380 e. The normalized spacial score (nSPS) is 14.9. The molecule has 0 aromatic heterocycles. The lowest BCUT2D eigenvalue weighted by Crippen LogP contribution is -2.46. The lowest BCUT2D eigenvalue weighted by molar-refractivity contribution is -0.0122. The minimum Gasteiger partial charge on any atom is -0.380 e. The first kappa shape index (κ1) is 23.8. The Kier molecular flexibility index (Phi) is 6.88. The summed E-state index contributed by atoms with van der Waals surface area (Å²) in [6.45, 7) is 4.45. The maximum atomic E-state index is 13.1. The molecule has 1 amide bonds. The average Bonchev–Trinajstić information content (AvgIpc) is 2.87. The third-order valence-electron chi connectivity index (χ3n) is 6.45. The fourth-order valence-electron chi connectivity index (χ4n) is 4.63. The van der Waals surface area contributed by atoms with Crippen LogP contribution in [-0.2, 0) is 5.60 Å². The second-order valence-corrected chi connectivity index (χ2v) is 9.45. The van der Waals surface area contributed by atoms with Crippen molar-refractivity contribution in [3.63, 3.8) is 0 Å². The van der Waals surface area contributed by atoms with E-state index in [1.165, 1.54) is 0 Å². The topological polar surface area (TPSA) is 60.8 Å². The SMILES string of the molecule is CC(C)(O)C#Cc1ccc(C(=O)N2CCC(C(O)(c3ccccc3)c3ccccc3)CC2)cc1. The van der Waals surface area contributed by atoms with Gasteiger partial charge in [-0.25, -0.2) is 0 Å². The minimum absolute atomic E-state index is 0.000774. The van der Waals surface area contributed by atoms with Crippen molar-refractivity contribution in [2.45, 2.75) is 37.9 Å². The predicted molar refractivity (Wildman–Crippen MR) is 134 cm³/mol. The molecular weight excluding hydrogens is 422 g/mol. The average molecular weight is 454 g/mol. The number of likely N-dealkylation sites (tertiary alicyclic amines) is 1. The third-order valence-corrected chi connectivity index (χ3v) is 6.45. The van der Waals surface area contributed by atoms with Crippen LogP contribution in [0, 0.1) is 17.8 Å². The van der Waals surface area contributed by atoms with Crippen LogP contribution >= 0.6 is 0 Å². The summed E-state index contributed by atoms with van der Waals surface area (Å²) in [5.74, 6) is 5.70. The summed E-state index contributed by atoms with van der Waals surface area (Å²) >= 11 is 0. The van der Waals surface area contributed by atoms with E-state index in [1.54, 1.807) is 26.0 Å². The molecule has 0 aliphatic carbocycles. The summed E-state index contributed by atoms with van der Waals surface area (Å²) in [5.41, 5.74) is 0.989. The lowest BCUT2D eigenvalue weighted by Gasteiger charge is -2.42. The molecule has 3 aromatic carbocycles. The number of carbonyl (C=O) groups excluding carboxylic acids is 1. The highest BCUT2D eigenvalue weighted by Crippen LogP contribution is 2.42. The van der Waals surface area contributed by atoms with E-state index in [4.69, 9.17) is 0 Å². The molecule has 174 valence electrons. The van der Waals surface area contributed by atoms with Crippen molar-refractivity contribution in [2.75, 3.05) is 13.1 Å². The summed E-state index contributed by atoms with van der Waals surface area (Å²) in [6, 6.07) is 26.8. The van der Waals surface area contributed by atoms with Gasteiger partial charge in [-0.05, 0) is 68.0 Å². The molecule has 1 heterocycles. The van der Waals surface area contributed by atoms with Gasteiger partial charge in [0.05, 0.1) is 0 Å². The van der Waals surface area contributed by atoms with Crippen LogP contribution < -0.4 is 0 Å². The molecule has 0 bridgehead atoms. The standard InChI is InChI=1S/C30H31NO3/c1-29(2,33)20-17-23-13-15-24(16-14-23)28(32)31-21-18-27(19-22-31)30(34,25-9-5-3-6-10-25)26-11-7-4-8-12-26/h3-16,27,33-34H,18-19,21-22H2,1-2H3. The number of hydrogen-bond acceptors (Lipinski definition) is 3. The molecule has 4 rings (SSSR count). The van der Waals surface area contributed by atoms with Gasteiger partial charge in [0.25, 0.3) is 5.91 Å². The number of piperidine rings is 1. The van der Waals surface area contributed by atoms with Gasteiger partial charge in [0.15, 0.2) is 0 Å². The van der Waals surface area contributed by atoms with Crippen LogP contribution in [-0.4, -0.2) is 39.7 Å². The van der Waals surface area contributed by atoms with Crippen LogP contribution in [0.4, 0.5) is 0 Å². The van der Waals surface area contributed by atoms with Crippen molar-refractivity contribution in [2.24, 2.45) is 5.92 Å². The van der Waals surface area contributed by atoms with Crippen molar-refractivity contribution in [3.8, 4) is 11.8 Å². The number of benzene rings is 3. The number of carbonyl (C=O) groups is 1. The maximum Gasteiger partial charge on any atom is 0.253 e. The second kappa shape index (κ2) is 9.85. The van der Waals surface area contributed by atoms with Crippen molar-refractivity contribution >= 4 is 5.91 Å². The molecular formula is C30H31NO3. The number of rotatable bonds is 4. The van der Waals surface area contributed by atoms with Crippen LogP contribution in [0.3, 0.4) is 0 Å². The van der Waals surface area contributed by atoms with E-state index in [2.05, 4.69) is 11.8 Å². The fourth-order valence-corrected chi connectivity index (χ4v) is 4.63. The van der Waals surface area contributed by atoms with Gasteiger partial charge in [-0.2, -0.15) is 0 Å². The molecule has 0 spiro atoms. The first-order valence-electron chi connectivity index (χ1n) is 11.8. The monoisotopic (exact) mass is 453 g/mol. The second-order valence-electron chi connectivity index (χ2n) is 9.45. The van der Waals surface area contributed by atoms with Crippen LogP contribution in [0.15, 0.2) is 84.9 Å². The van der Waals surface area contributed by atoms with E-state index in [1.807, 2.05) is 77.7 Å². The number of nitrogens with zero attached hydrogens (tertiary/aromatic N) is 1. The van der Waals surface area contributed by atoms with E-state index in [9.17, 15) is 15.0 Å². The molecule has 1 saturated heterocycles. The van der Waals surface area contributed by atoms with Gasteiger partial charge in [0.1, 0.15) is 11.2 Å². The van der Waals surface area contributed by atoms with Gasteiger partial charge in [-0.1, -0.05) is 72.5 Å². The Hall–Kier alpha value is -3.39. The molecule has 0 atom stereocenters. The van der Waals surface area contributed by atoms with Gasteiger partial charge in [0.2, 0.25) is 0 Å². The quantitative estimate of drug-likeness (QED) is 0.568. The summed E-state index contributed by atoms with van der Waals surface area (Å²) in [6.07, 6.45) is 1.42. The first-order chi connectivity index (χ1) is 16.3. The molecule has 2 N–H and O–H groups in total. The molecule has 0 saturated carbocycles. The number of aliphatic hydroxyl groups is 2. The fraction of sp³-hybridized carbons (Fsp3) is 0.300. The van der Waals surface area contributed by atoms with Crippen molar-refractivity contribution in [1.29, 1.82) is 0 Å². The molecule has 0 radical (unpaired) electrons. The van der Waals surface area contributed by atoms with E-state index in [0.29, 0.717) is 31.5 Å². The van der Waals surface area contributed by atoms with Crippen molar-refractivity contribution in [1.82, 2.24) is 4.90 Å². The summed E-state index contributed by atoms with van der Waals surface area (Å²) in [5, 5.41) is 21.8. The zero-order valence-corrected chi connectivity index (χ0v) is 19.7. The van der Waals surface area contributed by atoms with Crippen LogP contribution in [0.1, 0.15) is 53.7 Å². The highest BCUT2D eigenvalue weighted by molar-refractivity contribution is 5.94. The van der Waals surface area contributed by atoms with Gasteiger partial charge in [0, 0.05) is 24.2 Å². The Bertz CT molecular complexity index is 1120. The summed E-state index contributed by atoms with van der Waals surface area (Å²) in [7, 11) is 0. The predicted octanol–water partition coefficient (Wildman–Crippen LogP) is 4.60. The number of hydrogen-bond donors (Lipinski definition) is 2. The maximum absolute atomic E-state index is 13.1. The van der Waals surface area contributed by atoms with E-state index >= 15 is 0 Å². The van der Waals surface area contributed by atoms with Crippen molar-refractivity contribution < 1.29 is 15.0 Å². The van der Waals surface area contributed by atoms with Gasteiger partial charge < -0.3 is 15.1 Å². The molecule has 3 aromatic rings. The molecule has 1 aliphatic rings. The van der Waals surface area contributed by atoms with Crippen LogP contribution in [0.5, 0.6) is 0 Å². The summed E-state index contributed by atoms with van der Waals surface area (Å²) in [4.78, 5) is 15.0. The molecule has 4 heteroatoms. The zero-order chi connectivity index (χ0) is 24.2. The summed E-state index contributed by atoms with van der Waals surface area (Å²) < 4.78 is 0. The third kappa shape index (κ3) is 5.22. The van der Waals surface area contributed by atoms with E-state index < -0.39 is 11.2 Å². The van der Waals surface area contributed by atoms with Gasteiger partial charge in [-0.3, -0.25) is 4.79 Å². The Morgan fingerprint density at radius 2 is 1.32 bits per heavy atom. The molecule has 0 unspecified atom stereocenters. The Labute approximate surface area is 201 Å². The molecule has 34 heavy (non-hydrogen) atoms. The van der Waals surface area contributed by atoms with E-state index in [0.717, 1.165) is 16.7 Å². The highest BCUT2D eigenvalue weighted by Gasteiger charge is 2.42.